The number of benzene rings is 1. The van der Waals surface area contributed by atoms with E-state index in [1.807, 2.05) is 6.07 Å². The smallest absolute Gasteiger partial charge is 0.0556 e. The third-order valence-electron chi connectivity index (χ3n) is 2.12. The predicted molar refractivity (Wildman–Crippen MR) is 71.4 cm³/mol. The van der Waals surface area contributed by atoms with Gasteiger partial charge in [0.25, 0.3) is 0 Å². The van der Waals surface area contributed by atoms with E-state index in [1.54, 1.807) is 18.9 Å². The van der Waals surface area contributed by atoms with E-state index in [9.17, 15) is 0 Å². The molecule has 0 aliphatic heterocycles. The quantitative estimate of drug-likeness (QED) is 0.600. The summed E-state index contributed by atoms with van der Waals surface area (Å²) in [6.07, 6.45) is 0. The molecule has 0 saturated carbocycles. The van der Waals surface area contributed by atoms with Gasteiger partial charge in [0.1, 0.15) is 0 Å². The van der Waals surface area contributed by atoms with Gasteiger partial charge in [0.05, 0.1) is 11.6 Å². The van der Waals surface area contributed by atoms with Crippen LogP contribution in [0.4, 0.5) is 0 Å². The summed E-state index contributed by atoms with van der Waals surface area (Å²) in [7, 11) is 1.71. The van der Waals surface area contributed by atoms with Crippen molar-refractivity contribution >= 4 is 23.4 Å². The van der Waals surface area contributed by atoms with Crippen LogP contribution in [0.5, 0.6) is 0 Å². The zero-order valence-electron chi connectivity index (χ0n) is 9.75. The summed E-state index contributed by atoms with van der Waals surface area (Å²) < 4.78 is 5.01. The summed E-state index contributed by atoms with van der Waals surface area (Å²) in [5.41, 5.74) is 1.22. The number of nitrogens with one attached hydrogen (secondary N) is 1. The number of halogens is 1. The lowest BCUT2D eigenvalue weighted by atomic mass is 10.2. The van der Waals surface area contributed by atoms with Gasteiger partial charge in [0.2, 0.25) is 0 Å². The molecule has 0 aromatic heterocycles. The molecule has 90 valence electrons. The highest BCUT2D eigenvalue weighted by Crippen LogP contribution is 2.27. The van der Waals surface area contributed by atoms with Crippen LogP contribution in [0.15, 0.2) is 23.1 Å². The molecule has 0 amide bonds. The monoisotopic (exact) mass is 259 g/mol. The number of hydrogen-bond acceptors (Lipinski definition) is 3. The fourth-order valence-corrected chi connectivity index (χ4v) is 2.47. The molecule has 1 aromatic carbocycles. The first-order valence-corrected chi connectivity index (χ1v) is 6.75. The fourth-order valence-electron chi connectivity index (χ4n) is 1.28. The summed E-state index contributed by atoms with van der Waals surface area (Å²) in [4.78, 5) is 1.12. The number of ether oxygens (including phenoxy) is 1. The molecule has 4 heteroatoms. The summed E-state index contributed by atoms with van der Waals surface area (Å²) >= 11 is 7.92. The lowest BCUT2D eigenvalue weighted by Crippen LogP contribution is -2.11. The zero-order valence-corrected chi connectivity index (χ0v) is 11.3. The average Bonchev–Trinajstić information content (AvgIpc) is 2.29. The van der Waals surface area contributed by atoms with Gasteiger partial charge in [-0.25, -0.2) is 0 Å². The Morgan fingerprint density at radius 1 is 1.44 bits per heavy atom. The van der Waals surface area contributed by atoms with E-state index >= 15 is 0 Å². The molecule has 0 atom stereocenters. The fraction of sp³-hybridized carbons (Fsp3) is 0.500. The van der Waals surface area contributed by atoms with Crippen molar-refractivity contribution in [2.75, 3.05) is 26.0 Å². The highest BCUT2D eigenvalue weighted by Gasteiger charge is 2.02. The van der Waals surface area contributed by atoms with Crippen molar-refractivity contribution in [1.82, 2.24) is 5.32 Å². The Bertz CT molecular complexity index is 320. The maximum absolute atomic E-state index is 6.20. The minimum atomic E-state index is 0.750. The van der Waals surface area contributed by atoms with Crippen LogP contribution in [0.1, 0.15) is 12.5 Å². The molecule has 0 radical (unpaired) electrons. The number of rotatable bonds is 7. The molecular formula is C12H18ClNOS. The highest BCUT2D eigenvalue weighted by molar-refractivity contribution is 7.99. The first-order chi connectivity index (χ1) is 7.77. The molecule has 0 unspecified atom stereocenters. The minimum absolute atomic E-state index is 0.750. The van der Waals surface area contributed by atoms with E-state index in [1.165, 1.54) is 5.56 Å². The molecule has 0 aliphatic rings. The molecular weight excluding hydrogens is 242 g/mol. The Balaban J connectivity index is 2.53. The average molecular weight is 260 g/mol. The molecule has 0 saturated heterocycles. The standard InChI is InChI=1S/C12H18ClNOS/c1-3-14-9-10-4-5-12(11(13)8-10)16-7-6-15-2/h4-5,8,14H,3,6-7,9H2,1-2H3. The lowest BCUT2D eigenvalue weighted by molar-refractivity contribution is 0.218. The van der Waals surface area contributed by atoms with Crippen molar-refractivity contribution in [3.63, 3.8) is 0 Å². The van der Waals surface area contributed by atoms with Crippen molar-refractivity contribution in [2.24, 2.45) is 0 Å². The Kier molecular flexibility index (Phi) is 6.88. The van der Waals surface area contributed by atoms with Crippen LogP contribution >= 0.6 is 23.4 Å². The SMILES string of the molecule is CCNCc1ccc(SCCOC)c(Cl)c1. The molecule has 2 nitrogen and oxygen atoms in total. The first kappa shape index (κ1) is 13.8. The molecule has 0 aliphatic carbocycles. The Labute approximate surface area is 107 Å². The second-order valence-corrected chi connectivity index (χ2v) is 4.93. The van der Waals surface area contributed by atoms with Gasteiger partial charge in [-0.05, 0) is 24.2 Å². The third-order valence-corrected chi connectivity index (χ3v) is 3.58. The number of hydrogen-bond donors (Lipinski definition) is 1. The van der Waals surface area contributed by atoms with Crippen LogP contribution in [0.2, 0.25) is 5.02 Å². The maximum Gasteiger partial charge on any atom is 0.0556 e. The molecule has 0 spiro atoms. The largest absolute Gasteiger partial charge is 0.384 e. The zero-order chi connectivity index (χ0) is 11.8. The van der Waals surface area contributed by atoms with Crippen LogP contribution in [0.25, 0.3) is 0 Å². The van der Waals surface area contributed by atoms with Gasteiger partial charge in [-0.1, -0.05) is 24.6 Å². The van der Waals surface area contributed by atoms with E-state index in [2.05, 4.69) is 24.4 Å². The van der Waals surface area contributed by atoms with E-state index in [0.717, 1.165) is 35.4 Å². The van der Waals surface area contributed by atoms with Gasteiger partial charge < -0.3 is 10.1 Å². The Morgan fingerprint density at radius 2 is 2.25 bits per heavy atom. The summed E-state index contributed by atoms with van der Waals surface area (Å²) in [6.45, 7) is 4.69. The first-order valence-electron chi connectivity index (χ1n) is 5.38. The molecule has 16 heavy (non-hydrogen) atoms. The van der Waals surface area contributed by atoms with Crippen molar-refractivity contribution in [1.29, 1.82) is 0 Å². The van der Waals surface area contributed by atoms with Crippen molar-refractivity contribution in [3.05, 3.63) is 28.8 Å². The van der Waals surface area contributed by atoms with Gasteiger partial charge in [0.15, 0.2) is 0 Å². The van der Waals surface area contributed by atoms with Gasteiger partial charge in [-0.2, -0.15) is 0 Å². The molecule has 0 bridgehead atoms. The van der Waals surface area contributed by atoms with E-state index < -0.39 is 0 Å². The van der Waals surface area contributed by atoms with Crippen molar-refractivity contribution in [2.45, 2.75) is 18.4 Å². The molecule has 1 rings (SSSR count). The molecule has 1 aromatic rings. The third kappa shape index (κ3) is 4.74. The van der Waals surface area contributed by atoms with Gasteiger partial charge in [0, 0.05) is 24.3 Å². The predicted octanol–water partition coefficient (Wildman–Crippen LogP) is 3.19. The van der Waals surface area contributed by atoms with Crippen molar-refractivity contribution in [3.8, 4) is 0 Å². The van der Waals surface area contributed by atoms with E-state index in [-0.39, 0.29) is 0 Å². The summed E-state index contributed by atoms with van der Waals surface area (Å²) in [5.74, 6) is 0.933. The van der Waals surface area contributed by atoms with Crippen LogP contribution in [0, 0.1) is 0 Å². The summed E-state index contributed by atoms with van der Waals surface area (Å²) in [5, 5.41) is 4.11. The van der Waals surface area contributed by atoms with Crippen LogP contribution in [0.3, 0.4) is 0 Å². The summed E-state index contributed by atoms with van der Waals surface area (Å²) in [6, 6.07) is 6.22. The second-order valence-electron chi connectivity index (χ2n) is 3.39. The minimum Gasteiger partial charge on any atom is -0.384 e. The Hall–Kier alpha value is -0.220. The van der Waals surface area contributed by atoms with Crippen LogP contribution in [-0.2, 0) is 11.3 Å². The van der Waals surface area contributed by atoms with Crippen LogP contribution < -0.4 is 5.32 Å². The van der Waals surface area contributed by atoms with Gasteiger partial charge in [-0.3, -0.25) is 0 Å². The Morgan fingerprint density at radius 3 is 2.88 bits per heavy atom. The topological polar surface area (TPSA) is 21.3 Å². The van der Waals surface area contributed by atoms with Crippen molar-refractivity contribution < 1.29 is 4.74 Å². The molecule has 1 N–H and O–H groups in total. The second kappa shape index (κ2) is 7.96. The highest BCUT2D eigenvalue weighted by atomic mass is 35.5. The number of methoxy groups -OCH3 is 1. The van der Waals surface area contributed by atoms with Crippen LogP contribution in [-0.4, -0.2) is 26.0 Å². The number of thioether (sulfide) groups is 1. The maximum atomic E-state index is 6.20. The molecule has 0 fully saturated rings. The van der Waals surface area contributed by atoms with Gasteiger partial charge in [-0.15, -0.1) is 11.8 Å². The lowest BCUT2D eigenvalue weighted by Gasteiger charge is -2.07. The van der Waals surface area contributed by atoms with Gasteiger partial charge >= 0.3 is 0 Å². The van der Waals surface area contributed by atoms with E-state index in [0.29, 0.717) is 0 Å². The molecule has 0 heterocycles. The normalized spacial score (nSPS) is 10.7. The van der Waals surface area contributed by atoms with E-state index in [4.69, 9.17) is 16.3 Å².